The van der Waals surface area contributed by atoms with Gasteiger partial charge in [-0.15, -0.1) is 0 Å². The van der Waals surface area contributed by atoms with Gasteiger partial charge in [-0.3, -0.25) is 0 Å². The van der Waals surface area contributed by atoms with E-state index in [1.54, 1.807) is 0 Å². The Balaban J connectivity index is 0.00000100. The first-order chi connectivity index (χ1) is 11.7. The summed E-state index contributed by atoms with van der Waals surface area (Å²) in [5.74, 6) is 4.93. The summed E-state index contributed by atoms with van der Waals surface area (Å²) in [5, 5.41) is 0. The summed E-state index contributed by atoms with van der Waals surface area (Å²) in [4.78, 5) is 0. The molecule has 0 N–H and O–H groups in total. The second-order valence-corrected chi connectivity index (χ2v) is 9.02. The smallest absolute Gasteiger partial charge is 0.0575 e. The lowest BCUT2D eigenvalue weighted by Gasteiger charge is -2.37. The molecule has 3 aliphatic rings. The first kappa shape index (κ1) is 20.3. The monoisotopic (exact) mass is 336 g/mol. The highest BCUT2D eigenvalue weighted by molar-refractivity contribution is 4.81. The molecule has 0 spiro atoms. The molecule has 3 saturated carbocycles. The van der Waals surface area contributed by atoms with Gasteiger partial charge >= 0.3 is 0 Å². The second kappa shape index (κ2) is 10.8. The van der Waals surface area contributed by atoms with Gasteiger partial charge in [0, 0.05) is 6.61 Å². The Morgan fingerprint density at radius 1 is 0.583 bits per heavy atom. The average Bonchev–Trinajstić information content (AvgIpc) is 2.64. The van der Waals surface area contributed by atoms with Gasteiger partial charge in [0.05, 0.1) is 6.10 Å². The molecule has 0 heterocycles. The van der Waals surface area contributed by atoms with Crippen LogP contribution in [0, 0.1) is 29.6 Å². The molecule has 0 radical (unpaired) electrons. The number of ether oxygens (including phenoxy) is 1. The topological polar surface area (TPSA) is 9.23 Å². The van der Waals surface area contributed by atoms with Crippen LogP contribution >= 0.6 is 0 Å². The van der Waals surface area contributed by atoms with Crippen molar-refractivity contribution < 1.29 is 4.74 Å². The molecule has 0 aromatic carbocycles. The van der Waals surface area contributed by atoms with Gasteiger partial charge in [-0.2, -0.15) is 0 Å². The minimum atomic E-state index is 0.591. The number of hydrogen-bond donors (Lipinski definition) is 0. The lowest BCUT2D eigenvalue weighted by molar-refractivity contribution is -0.0110. The molecule has 3 rings (SSSR count). The largest absolute Gasteiger partial charge is 0.378 e. The molecule has 142 valence electrons. The van der Waals surface area contributed by atoms with E-state index in [1.165, 1.54) is 77.0 Å². The van der Waals surface area contributed by atoms with E-state index in [0.717, 1.165) is 36.2 Å². The molecule has 1 nitrogen and oxygen atoms in total. The molecule has 0 saturated heterocycles. The van der Waals surface area contributed by atoms with Crippen molar-refractivity contribution in [1.82, 2.24) is 0 Å². The van der Waals surface area contributed by atoms with Crippen molar-refractivity contribution >= 4 is 0 Å². The lowest BCUT2D eigenvalue weighted by Crippen LogP contribution is -2.28. The molecule has 0 atom stereocenters. The minimum absolute atomic E-state index is 0.591. The molecular formula is C23H44O. The molecular weight excluding hydrogens is 292 g/mol. The molecule has 0 bridgehead atoms. The van der Waals surface area contributed by atoms with Crippen LogP contribution in [0.5, 0.6) is 0 Å². The first-order valence-electron chi connectivity index (χ1n) is 11.3. The van der Waals surface area contributed by atoms with E-state index in [1.807, 2.05) is 13.8 Å². The Bertz CT molecular complexity index is 302. The highest BCUT2D eigenvalue weighted by Crippen LogP contribution is 2.41. The van der Waals surface area contributed by atoms with Gasteiger partial charge in [0.25, 0.3) is 0 Å². The molecule has 3 fully saturated rings. The molecule has 0 unspecified atom stereocenters. The van der Waals surface area contributed by atoms with E-state index in [-0.39, 0.29) is 0 Å². The Labute approximate surface area is 152 Å². The highest BCUT2D eigenvalue weighted by atomic mass is 16.5. The standard InChI is InChI=1S/C21H38O.C2H6/c1-16-3-9-19(10-4-16)20-11-7-18(8-12-20)15-22-21-13-5-17(2)6-14-21;1-2/h16-21H,3-15H2,1-2H3;1-2H3. The van der Waals surface area contributed by atoms with Crippen LogP contribution in [-0.2, 0) is 4.74 Å². The fourth-order valence-corrected chi connectivity index (χ4v) is 5.25. The lowest BCUT2D eigenvalue weighted by atomic mass is 9.69. The van der Waals surface area contributed by atoms with Gasteiger partial charge in [0.15, 0.2) is 0 Å². The highest BCUT2D eigenvalue weighted by Gasteiger charge is 2.30. The van der Waals surface area contributed by atoms with Crippen LogP contribution in [0.4, 0.5) is 0 Å². The number of rotatable bonds is 4. The van der Waals surface area contributed by atoms with Gasteiger partial charge in [-0.1, -0.05) is 40.5 Å². The van der Waals surface area contributed by atoms with Crippen molar-refractivity contribution in [2.24, 2.45) is 29.6 Å². The Kier molecular flexibility index (Phi) is 9.16. The van der Waals surface area contributed by atoms with Gasteiger partial charge in [0.2, 0.25) is 0 Å². The summed E-state index contributed by atoms with van der Waals surface area (Å²) in [6.45, 7) is 9.90. The zero-order valence-electron chi connectivity index (χ0n) is 17.1. The Hall–Kier alpha value is -0.0400. The predicted molar refractivity (Wildman–Crippen MR) is 105 cm³/mol. The molecule has 3 aliphatic carbocycles. The zero-order chi connectivity index (χ0) is 17.4. The maximum absolute atomic E-state index is 6.27. The zero-order valence-corrected chi connectivity index (χ0v) is 17.1. The van der Waals surface area contributed by atoms with Crippen LogP contribution in [0.2, 0.25) is 0 Å². The van der Waals surface area contributed by atoms with E-state index in [2.05, 4.69) is 13.8 Å². The fourth-order valence-electron chi connectivity index (χ4n) is 5.25. The van der Waals surface area contributed by atoms with E-state index < -0.39 is 0 Å². The van der Waals surface area contributed by atoms with Crippen LogP contribution in [0.15, 0.2) is 0 Å². The molecule has 24 heavy (non-hydrogen) atoms. The normalized spacial score (nSPS) is 40.5. The summed E-state index contributed by atoms with van der Waals surface area (Å²) < 4.78 is 6.27. The van der Waals surface area contributed by atoms with Crippen molar-refractivity contribution in [2.75, 3.05) is 6.61 Å². The maximum Gasteiger partial charge on any atom is 0.0575 e. The second-order valence-electron chi connectivity index (χ2n) is 9.02. The molecule has 0 aromatic heterocycles. The molecule has 0 amide bonds. The third-order valence-corrected chi connectivity index (χ3v) is 7.15. The van der Waals surface area contributed by atoms with Crippen LogP contribution in [0.1, 0.15) is 105 Å². The van der Waals surface area contributed by atoms with Gasteiger partial charge in [-0.05, 0) is 93.8 Å². The fraction of sp³-hybridized carbons (Fsp3) is 1.00. The van der Waals surface area contributed by atoms with Crippen LogP contribution < -0.4 is 0 Å². The van der Waals surface area contributed by atoms with Crippen molar-refractivity contribution in [3.05, 3.63) is 0 Å². The Morgan fingerprint density at radius 2 is 1.00 bits per heavy atom. The van der Waals surface area contributed by atoms with Gasteiger partial charge < -0.3 is 4.74 Å². The van der Waals surface area contributed by atoms with Crippen molar-refractivity contribution in [2.45, 2.75) is 111 Å². The van der Waals surface area contributed by atoms with Gasteiger partial charge in [0.1, 0.15) is 0 Å². The van der Waals surface area contributed by atoms with E-state index in [9.17, 15) is 0 Å². The van der Waals surface area contributed by atoms with Crippen LogP contribution in [-0.4, -0.2) is 12.7 Å². The van der Waals surface area contributed by atoms with Crippen molar-refractivity contribution in [1.29, 1.82) is 0 Å². The Morgan fingerprint density at radius 3 is 1.50 bits per heavy atom. The van der Waals surface area contributed by atoms with Gasteiger partial charge in [-0.25, -0.2) is 0 Å². The van der Waals surface area contributed by atoms with E-state index >= 15 is 0 Å². The van der Waals surface area contributed by atoms with E-state index in [4.69, 9.17) is 4.74 Å². The number of hydrogen-bond acceptors (Lipinski definition) is 1. The predicted octanol–water partition coefficient (Wildman–Crippen LogP) is 7.24. The molecule has 0 aromatic rings. The molecule has 0 aliphatic heterocycles. The first-order valence-corrected chi connectivity index (χ1v) is 11.3. The summed E-state index contributed by atoms with van der Waals surface area (Å²) >= 11 is 0. The third-order valence-electron chi connectivity index (χ3n) is 7.15. The van der Waals surface area contributed by atoms with Crippen LogP contribution in [0.25, 0.3) is 0 Å². The maximum atomic E-state index is 6.27. The van der Waals surface area contributed by atoms with Crippen molar-refractivity contribution in [3.63, 3.8) is 0 Å². The van der Waals surface area contributed by atoms with Crippen LogP contribution in [0.3, 0.4) is 0 Å². The third kappa shape index (κ3) is 6.36. The summed E-state index contributed by atoms with van der Waals surface area (Å²) in [5.41, 5.74) is 0. The minimum Gasteiger partial charge on any atom is -0.378 e. The van der Waals surface area contributed by atoms with Crippen molar-refractivity contribution in [3.8, 4) is 0 Å². The average molecular weight is 337 g/mol. The quantitative estimate of drug-likeness (QED) is 0.525. The van der Waals surface area contributed by atoms with E-state index in [0.29, 0.717) is 6.10 Å². The summed E-state index contributed by atoms with van der Waals surface area (Å²) in [6.07, 6.45) is 17.9. The summed E-state index contributed by atoms with van der Waals surface area (Å²) in [6, 6.07) is 0. The summed E-state index contributed by atoms with van der Waals surface area (Å²) in [7, 11) is 0. The molecule has 1 heteroatoms. The SMILES string of the molecule is CC.CC1CCC(OCC2CCC(C3CCC(C)CC3)CC2)CC1.